The summed E-state index contributed by atoms with van der Waals surface area (Å²) >= 11 is 17.3. The van der Waals surface area contributed by atoms with Gasteiger partial charge in [-0.25, -0.2) is 0 Å². The molecule has 2 saturated heterocycles. The Hall–Kier alpha value is -0.120. The normalized spacial score (nSPS) is 18.9. The molecule has 0 N–H and O–H groups in total. The van der Waals surface area contributed by atoms with Gasteiger partial charge in [-0.3, -0.25) is 9.97 Å². The van der Waals surface area contributed by atoms with E-state index in [-0.39, 0.29) is 0 Å². The van der Waals surface area contributed by atoms with Crippen LogP contribution in [0.1, 0.15) is 23.2 Å². The SMILES string of the molecule is S=C1SCC(c2ccccn2)CS1.S=C1SCC(c2ccccn2)CS1. The highest BCUT2D eigenvalue weighted by atomic mass is 32.2. The Kier molecular flexibility index (Phi) is 8.74. The van der Waals surface area contributed by atoms with Crippen LogP contribution in [-0.2, 0) is 0 Å². The van der Waals surface area contributed by atoms with E-state index < -0.39 is 0 Å². The molecule has 136 valence electrons. The summed E-state index contributed by atoms with van der Waals surface area (Å²) in [7, 11) is 0. The Balaban J connectivity index is 0.000000151. The van der Waals surface area contributed by atoms with Crippen LogP contribution in [-0.4, -0.2) is 40.0 Å². The minimum atomic E-state index is 0.572. The molecule has 2 aromatic rings. The van der Waals surface area contributed by atoms with Crippen LogP contribution in [0.3, 0.4) is 0 Å². The predicted octanol–water partition coefficient (Wildman–Crippen LogP) is 5.86. The number of hydrogen-bond donors (Lipinski definition) is 0. The highest BCUT2D eigenvalue weighted by molar-refractivity contribution is 8.48. The van der Waals surface area contributed by atoms with Crippen LogP contribution < -0.4 is 0 Å². The van der Waals surface area contributed by atoms with E-state index >= 15 is 0 Å². The second-order valence-corrected chi connectivity index (χ2v) is 12.1. The Morgan fingerprint density at radius 2 is 1.04 bits per heavy atom. The van der Waals surface area contributed by atoms with E-state index in [1.54, 1.807) is 47.0 Å². The summed E-state index contributed by atoms with van der Waals surface area (Å²) in [5.74, 6) is 5.49. The van der Waals surface area contributed by atoms with E-state index in [0.29, 0.717) is 11.8 Å². The lowest BCUT2D eigenvalue weighted by Crippen LogP contribution is -2.13. The van der Waals surface area contributed by atoms with Crippen molar-refractivity contribution in [3.05, 3.63) is 60.2 Å². The first-order valence-corrected chi connectivity index (χ1v) is 12.9. The van der Waals surface area contributed by atoms with Crippen molar-refractivity contribution in [2.75, 3.05) is 23.0 Å². The minimum absolute atomic E-state index is 0.572. The Bertz CT molecular complexity index is 641. The fourth-order valence-corrected chi connectivity index (χ4v) is 7.53. The van der Waals surface area contributed by atoms with Crippen LogP contribution in [0.15, 0.2) is 48.8 Å². The molecule has 0 atom stereocenters. The molecule has 2 aliphatic heterocycles. The molecule has 0 spiro atoms. The van der Waals surface area contributed by atoms with Gasteiger partial charge in [0.05, 0.1) is 0 Å². The van der Waals surface area contributed by atoms with Gasteiger partial charge in [0.25, 0.3) is 0 Å². The Morgan fingerprint density at radius 1 is 0.654 bits per heavy atom. The molecule has 0 radical (unpaired) electrons. The summed E-state index contributed by atoms with van der Waals surface area (Å²) in [6, 6.07) is 12.2. The molecular weight excluding hydrogens is 437 g/mol. The van der Waals surface area contributed by atoms with Crippen molar-refractivity contribution < 1.29 is 0 Å². The molecule has 2 nitrogen and oxygen atoms in total. The summed E-state index contributed by atoms with van der Waals surface area (Å²) in [5, 5.41) is 0. The third-order valence-corrected chi connectivity index (χ3v) is 9.87. The monoisotopic (exact) mass is 454 g/mol. The van der Waals surface area contributed by atoms with E-state index in [1.807, 2.05) is 36.7 Å². The van der Waals surface area contributed by atoms with E-state index in [0.717, 1.165) is 30.1 Å². The number of rotatable bonds is 2. The van der Waals surface area contributed by atoms with Gasteiger partial charge in [0.15, 0.2) is 0 Å². The molecule has 4 rings (SSSR count). The number of thiocarbonyl (C=S) groups is 2. The van der Waals surface area contributed by atoms with Gasteiger partial charge in [-0.05, 0) is 24.3 Å². The molecule has 0 aliphatic carbocycles. The molecule has 8 heteroatoms. The molecular formula is C18H18N2S6. The molecule has 0 bridgehead atoms. The molecule has 0 aromatic carbocycles. The molecule has 26 heavy (non-hydrogen) atoms. The maximum Gasteiger partial charge on any atom is 0.104 e. The average Bonchev–Trinajstić information content (AvgIpc) is 2.71. The molecule has 0 amide bonds. The second kappa shape index (κ2) is 11.0. The zero-order chi connectivity index (χ0) is 18.2. The van der Waals surface area contributed by atoms with Crippen LogP contribution in [0.25, 0.3) is 0 Å². The van der Waals surface area contributed by atoms with Gasteiger partial charge in [0, 0.05) is 58.6 Å². The van der Waals surface area contributed by atoms with Gasteiger partial charge in [-0.1, -0.05) is 36.6 Å². The first-order chi connectivity index (χ1) is 12.7. The van der Waals surface area contributed by atoms with Crippen molar-refractivity contribution in [1.29, 1.82) is 0 Å². The van der Waals surface area contributed by atoms with Crippen LogP contribution in [0.5, 0.6) is 0 Å². The summed E-state index contributed by atoms with van der Waals surface area (Å²) < 4.78 is 2.15. The van der Waals surface area contributed by atoms with E-state index in [1.165, 1.54) is 11.4 Å². The van der Waals surface area contributed by atoms with E-state index in [9.17, 15) is 0 Å². The topological polar surface area (TPSA) is 25.8 Å². The summed E-state index contributed by atoms with van der Waals surface area (Å²) in [5.41, 5.74) is 2.40. The third kappa shape index (κ3) is 6.49. The fourth-order valence-electron chi connectivity index (χ4n) is 2.43. The number of hydrogen-bond acceptors (Lipinski definition) is 8. The van der Waals surface area contributed by atoms with Crippen LogP contribution >= 0.6 is 71.5 Å². The van der Waals surface area contributed by atoms with E-state index in [2.05, 4.69) is 22.1 Å². The molecule has 2 fully saturated rings. The largest absolute Gasteiger partial charge is 0.261 e. The quantitative estimate of drug-likeness (QED) is 0.521. The van der Waals surface area contributed by atoms with Crippen LogP contribution in [0.2, 0.25) is 0 Å². The highest BCUT2D eigenvalue weighted by Crippen LogP contribution is 2.34. The van der Waals surface area contributed by atoms with Gasteiger partial charge >= 0.3 is 0 Å². The minimum Gasteiger partial charge on any atom is -0.261 e. The first-order valence-electron chi connectivity index (χ1n) is 8.13. The molecule has 0 saturated carbocycles. The lowest BCUT2D eigenvalue weighted by Gasteiger charge is -2.20. The van der Waals surface area contributed by atoms with Gasteiger partial charge < -0.3 is 0 Å². The van der Waals surface area contributed by atoms with Crippen molar-refractivity contribution in [3.8, 4) is 0 Å². The molecule has 2 aromatic heterocycles. The van der Waals surface area contributed by atoms with E-state index in [4.69, 9.17) is 24.4 Å². The highest BCUT2D eigenvalue weighted by Gasteiger charge is 2.20. The maximum atomic E-state index is 5.11. The average molecular weight is 455 g/mol. The van der Waals surface area contributed by atoms with Crippen LogP contribution in [0.4, 0.5) is 0 Å². The van der Waals surface area contributed by atoms with Crippen LogP contribution in [0, 0.1) is 0 Å². The van der Waals surface area contributed by atoms with Crippen molar-refractivity contribution in [2.24, 2.45) is 0 Å². The fraction of sp³-hybridized carbons (Fsp3) is 0.333. The standard InChI is InChI=1S/2C9H9NS3/c2*11-9-12-5-7(6-13-9)8-3-1-2-4-10-8/h2*1-4,7H,5-6H2. The Labute approximate surface area is 182 Å². The lowest BCUT2D eigenvalue weighted by molar-refractivity contribution is 0.849. The molecule has 2 aliphatic rings. The first kappa shape index (κ1) is 20.6. The summed E-state index contributed by atoms with van der Waals surface area (Å²) in [6.45, 7) is 0. The van der Waals surface area contributed by atoms with Gasteiger partial charge in [0.1, 0.15) is 7.06 Å². The number of nitrogens with zero attached hydrogens (tertiary/aromatic N) is 2. The molecule has 0 unspecified atom stereocenters. The van der Waals surface area contributed by atoms with Crippen molar-refractivity contribution in [1.82, 2.24) is 9.97 Å². The Morgan fingerprint density at radius 3 is 1.35 bits per heavy atom. The van der Waals surface area contributed by atoms with Crippen molar-refractivity contribution >= 4 is 78.5 Å². The van der Waals surface area contributed by atoms with Gasteiger partial charge in [-0.15, -0.1) is 47.0 Å². The van der Waals surface area contributed by atoms with Gasteiger partial charge in [-0.2, -0.15) is 0 Å². The number of pyridine rings is 2. The predicted molar refractivity (Wildman–Crippen MR) is 129 cm³/mol. The molecule has 4 heterocycles. The lowest BCUT2D eigenvalue weighted by atomic mass is 10.1. The zero-order valence-corrected chi connectivity index (χ0v) is 18.8. The van der Waals surface area contributed by atoms with Crippen molar-refractivity contribution in [3.63, 3.8) is 0 Å². The second-order valence-electron chi connectivity index (χ2n) is 5.65. The van der Waals surface area contributed by atoms with Gasteiger partial charge in [0.2, 0.25) is 0 Å². The van der Waals surface area contributed by atoms with Crippen molar-refractivity contribution in [2.45, 2.75) is 11.8 Å². The maximum absolute atomic E-state index is 5.11. The number of aromatic nitrogens is 2. The summed E-state index contributed by atoms with van der Waals surface area (Å²) in [4.78, 5) is 8.72. The summed E-state index contributed by atoms with van der Waals surface area (Å²) in [6.07, 6.45) is 3.72. The smallest absolute Gasteiger partial charge is 0.104 e. The third-order valence-electron chi connectivity index (χ3n) is 3.82. The zero-order valence-electron chi connectivity index (χ0n) is 13.9. The number of thioether (sulfide) groups is 4.